The van der Waals surface area contributed by atoms with Crippen LogP contribution in [0.3, 0.4) is 0 Å². The van der Waals surface area contributed by atoms with Crippen molar-refractivity contribution in [2.75, 3.05) is 13.2 Å². The molecule has 1 saturated carbocycles. The maximum atomic E-state index is 13.0. The molecule has 382 valence electrons. The molecule has 19 heteroatoms. The summed E-state index contributed by atoms with van der Waals surface area (Å²) >= 11 is 0. The normalized spacial score (nSPS) is 22.5. The Hall–Kier alpha value is -2.34. The van der Waals surface area contributed by atoms with Crippen molar-refractivity contribution in [2.24, 2.45) is 0 Å². The molecule has 0 aromatic heterocycles. The molecule has 0 amide bonds. The molecular formula is C47H82O17P2. The van der Waals surface area contributed by atoms with Crippen LogP contribution in [0.4, 0.5) is 0 Å². The Kier molecular flexibility index (Phi) is 35.1. The number of carbonyl (C=O) groups is 2. The molecule has 0 bridgehead atoms. The molecule has 9 atom stereocenters. The van der Waals surface area contributed by atoms with Crippen molar-refractivity contribution in [3.05, 3.63) is 60.8 Å². The fourth-order valence-electron chi connectivity index (χ4n) is 6.97. The van der Waals surface area contributed by atoms with Crippen molar-refractivity contribution in [2.45, 2.75) is 210 Å². The largest absolute Gasteiger partial charge is 0.472 e. The van der Waals surface area contributed by atoms with Crippen molar-refractivity contribution < 1.29 is 82.0 Å². The van der Waals surface area contributed by atoms with Crippen LogP contribution in [-0.2, 0) is 41.8 Å². The number of aliphatic hydroxyl groups is 5. The van der Waals surface area contributed by atoms with Crippen molar-refractivity contribution in [1.82, 2.24) is 0 Å². The lowest BCUT2D eigenvalue weighted by atomic mass is 9.85. The second kappa shape index (κ2) is 37.5. The van der Waals surface area contributed by atoms with Crippen LogP contribution < -0.4 is 0 Å². The van der Waals surface area contributed by atoms with Gasteiger partial charge >= 0.3 is 27.6 Å². The monoisotopic (exact) mass is 981 g/mol. The third kappa shape index (κ3) is 31.7. The Bertz CT molecular complexity index is 1530. The highest BCUT2D eigenvalue weighted by Crippen LogP contribution is 2.49. The average Bonchev–Trinajstić information content (AvgIpc) is 3.27. The van der Waals surface area contributed by atoms with E-state index in [1.54, 1.807) is 12.2 Å². The number of phosphoric acid groups is 2. The van der Waals surface area contributed by atoms with E-state index in [0.717, 1.165) is 38.5 Å². The van der Waals surface area contributed by atoms with Gasteiger partial charge in [0.15, 0.2) is 6.10 Å². The van der Waals surface area contributed by atoms with Gasteiger partial charge in [0.1, 0.15) is 43.2 Å². The molecule has 0 aliphatic heterocycles. The van der Waals surface area contributed by atoms with Gasteiger partial charge in [-0.2, -0.15) is 0 Å². The zero-order valence-corrected chi connectivity index (χ0v) is 41.0. The van der Waals surface area contributed by atoms with Crippen LogP contribution in [-0.4, -0.2) is 114 Å². The first-order valence-electron chi connectivity index (χ1n) is 23.9. The third-order valence-electron chi connectivity index (χ3n) is 10.7. The van der Waals surface area contributed by atoms with Crippen molar-refractivity contribution in [3.63, 3.8) is 0 Å². The van der Waals surface area contributed by atoms with Crippen LogP contribution in [0.5, 0.6) is 0 Å². The van der Waals surface area contributed by atoms with Gasteiger partial charge in [-0.1, -0.05) is 164 Å². The molecule has 1 aliphatic rings. The number of hydrogen-bond donors (Lipinski definition) is 8. The maximum Gasteiger partial charge on any atom is 0.472 e. The van der Waals surface area contributed by atoms with E-state index in [1.807, 2.05) is 36.5 Å². The minimum Gasteiger partial charge on any atom is -0.462 e. The molecule has 0 heterocycles. The highest BCUT2D eigenvalue weighted by atomic mass is 31.2. The molecule has 0 saturated heterocycles. The van der Waals surface area contributed by atoms with Gasteiger partial charge in [0, 0.05) is 12.8 Å². The van der Waals surface area contributed by atoms with E-state index < -0.39 is 89.6 Å². The quantitative estimate of drug-likeness (QED) is 0.00951. The van der Waals surface area contributed by atoms with E-state index >= 15 is 0 Å². The number of aliphatic hydroxyl groups excluding tert-OH is 5. The van der Waals surface area contributed by atoms with Gasteiger partial charge in [-0.3, -0.25) is 23.2 Å². The number of esters is 2. The van der Waals surface area contributed by atoms with Crippen LogP contribution in [0.1, 0.15) is 162 Å². The lowest BCUT2D eigenvalue weighted by molar-refractivity contribution is -0.216. The maximum absolute atomic E-state index is 13.0. The first-order valence-corrected chi connectivity index (χ1v) is 27.0. The van der Waals surface area contributed by atoms with Crippen molar-refractivity contribution in [3.8, 4) is 0 Å². The summed E-state index contributed by atoms with van der Waals surface area (Å²) in [6.45, 7) is 2.87. The molecule has 0 aromatic rings. The first kappa shape index (κ1) is 61.7. The summed E-state index contributed by atoms with van der Waals surface area (Å²) in [6.07, 6.45) is 24.9. The minimum absolute atomic E-state index is 0.00980. The number of carbonyl (C=O) groups excluding carboxylic acids is 2. The number of hydrogen-bond acceptors (Lipinski definition) is 14. The molecule has 66 heavy (non-hydrogen) atoms. The van der Waals surface area contributed by atoms with Gasteiger partial charge in [0.2, 0.25) is 0 Å². The Morgan fingerprint density at radius 1 is 0.576 bits per heavy atom. The van der Waals surface area contributed by atoms with E-state index in [-0.39, 0.29) is 12.8 Å². The summed E-state index contributed by atoms with van der Waals surface area (Å²) in [4.78, 5) is 54.3. The van der Waals surface area contributed by atoms with Gasteiger partial charge in [-0.25, -0.2) is 9.13 Å². The fourth-order valence-corrected chi connectivity index (χ4v) is 8.51. The molecule has 1 aliphatic carbocycles. The predicted octanol–water partition coefficient (Wildman–Crippen LogP) is 8.03. The SMILES string of the molecule is CC/C=C\C/C=C\CC(O)/C=C/C=C\C/C=C\CCCC(=O)OC[C@H](COP(=O)(O)O[C@H]1C(O)C(O)C(O)[C@@H](OP(=O)(O)O)C1O)OC(=O)CCCCCCCCCCCCCCCCC. The van der Waals surface area contributed by atoms with Crippen LogP contribution in [0, 0.1) is 0 Å². The van der Waals surface area contributed by atoms with E-state index in [1.165, 1.54) is 64.2 Å². The Morgan fingerprint density at radius 3 is 1.70 bits per heavy atom. The minimum atomic E-state index is -5.38. The Labute approximate surface area is 392 Å². The van der Waals surface area contributed by atoms with E-state index in [2.05, 4.69) is 30.5 Å². The molecule has 0 aromatic carbocycles. The fraction of sp³-hybridized carbons (Fsp3) is 0.745. The summed E-state index contributed by atoms with van der Waals surface area (Å²) in [5.74, 6) is -1.31. The predicted molar refractivity (Wildman–Crippen MR) is 252 cm³/mol. The molecule has 8 N–H and O–H groups in total. The number of allylic oxidation sites excluding steroid dienone is 8. The summed E-state index contributed by atoms with van der Waals surface area (Å²) in [7, 11) is -10.7. The number of rotatable bonds is 39. The van der Waals surface area contributed by atoms with Crippen LogP contribution in [0.15, 0.2) is 60.8 Å². The van der Waals surface area contributed by atoms with Crippen molar-refractivity contribution >= 4 is 27.6 Å². The lowest BCUT2D eigenvalue weighted by Crippen LogP contribution is -2.64. The molecule has 17 nitrogen and oxygen atoms in total. The molecule has 0 spiro atoms. The Balaban J connectivity index is 2.65. The number of unbranched alkanes of at least 4 members (excludes halogenated alkanes) is 15. The highest BCUT2D eigenvalue weighted by molar-refractivity contribution is 7.47. The van der Waals surface area contributed by atoms with Gasteiger partial charge < -0.3 is 49.7 Å². The topological polar surface area (TPSA) is 276 Å². The summed E-state index contributed by atoms with van der Waals surface area (Å²) < 4.78 is 49.3. The van der Waals surface area contributed by atoms with Crippen LogP contribution >= 0.6 is 15.6 Å². The van der Waals surface area contributed by atoms with E-state index in [0.29, 0.717) is 32.1 Å². The Morgan fingerprint density at radius 2 is 1.11 bits per heavy atom. The number of phosphoric ester groups is 2. The van der Waals surface area contributed by atoms with Gasteiger partial charge in [0.25, 0.3) is 0 Å². The summed E-state index contributed by atoms with van der Waals surface area (Å²) in [6, 6.07) is 0. The number of ether oxygens (including phenoxy) is 2. The molecule has 6 unspecified atom stereocenters. The van der Waals surface area contributed by atoms with Gasteiger partial charge in [-0.15, -0.1) is 0 Å². The standard InChI is InChI=1S/C47H82O17P2/c1-3-5-7-9-11-12-13-14-15-16-17-18-23-27-31-35-41(50)62-39(37-61-66(58,59)64-47-44(53)42(51)43(52)46(45(47)54)63-65(55,56)57)36-60-40(49)34-30-26-22-20-19-21-25-29-33-38(48)32-28-24-10-8-6-4-2/h6,8,20-22,24-25,28-29,33,38-39,42-48,51-54H,3-5,7,9-19,23,26-27,30-32,34-37H2,1-2H3,(H,58,59)(H2,55,56,57)/b8-6-,22-20-,25-21-,28-24-,33-29+/t38?,39-,42?,43?,44?,45?,46-,47+/m1/s1. The zero-order chi connectivity index (χ0) is 49.1. The van der Waals surface area contributed by atoms with Gasteiger partial charge in [-0.05, 0) is 44.9 Å². The smallest absolute Gasteiger partial charge is 0.462 e. The van der Waals surface area contributed by atoms with E-state index in [9.17, 15) is 58.9 Å². The molecule has 0 radical (unpaired) electrons. The highest BCUT2D eigenvalue weighted by Gasteiger charge is 2.54. The first-order chi connectivity index (χ1) is 31.5. The molecule has 1 rings (SSSR count). The second-order valence-electron chi connectivity index (χ2n) is 16.7. The van der Waals surface area contributed by atoms with Gasteiger partial charge in [0.05, 0.1) is 12.7 Å². The molecule has 1 fully saturated rings. The van der Waals surface area contributed by atoms with Crippen LogP contribution in [0.2, 0.25) is 0 Å². The second-order valence-corrected chi connectivity index (χ2v) is 19.3. The lowest BCUT2D eigenvalue weighted by Gasteiger charge is -2.43. The summed E-state index contributed by atoms with van der Waals surface area (Å²) in [5.41, 5.74) is 0. The third-order valence-corrected chi connectivity index (χ3v) is 12.2. The van der Waals surface area contributed by atoms with Crippen molar-refractivity contribution in [1.29, 1.82) is 0 Å². The van der Waals surface area contributed by atoms with E-state index in [4.69, 9.17) is 18.5 Å². The average molecular weight is 981 g/mol. The zero-order valence-electron chi connectivity index (χ0n) is 39.2. The summed E-state index contributed by atoms with van der Waals surface area (Å²) in [5, 5.41) is 51.3. The van der Waals surface area contributed by atoms with Crippen LogP contribution in [0.25, 0.3) is 0 Å². The molecular weight excluding hydrogens is 898 g/mol.